The van der Waals surface area contributed by atoms with Crippen LogP contribution in [0.4, 0.5) is 0 Å². The molecule has 0 atom stereocenters. The number of rotatable bonds is 11. The molecule has 1 N–H and O–H groups in total. The van der Waals surface area contributed by atoms with Gasteiger partial charge in [-0.2, -0.15) is 0 Å². The Morgan fingerprint density at radius 3 is 1.39 bits per heavy atom. The Balaban J connectivity index is 0. The summed E-state index contributed by atoms with van der Waals surface area (Å²) in [4.78, 5) is 10.2. The lowest BCUT2D eigenvalue weighted by Crippen LogP contribution is -1.93. The van der Waals surface area contributed by atoms with E-state index in [1.54, 1.807) is 0 Å². The van der Waals surface area contributed by atoms with E-state index in [2.05, 4.69) is 20.8 Å². The molecule has 0 spiro atoms. The molecular formula is C16H34O2. The second-order valence-corrected chi connectivity index (χ2v) is 5.03. The Labute approximate surface area is 114 Å². The third-order valence-electron chi connectivity index (χ3n) is 2.74. The monoisotopic (exact) mass is 258 g/mol. The Hall–Kier alpha value is -0.530. The molecule has 0 aromatic rings. The largest absolute Gasteiger partial charge is 0.481 e. The molecule has 0 saturated heterocycles. The first-order chi connectivity index (χ1) is 8.68. The fraction of sp³-hybridized carbons (Fsp3) is 0.938. The number of carbonyl (C=O) groups is 1. The van der Waals surface area contributed by atoms with E-state index < -0.39 is 5.97 Å². The predicted molar refractivity (Wildman–Crippen MR) is 80.1 cm³/mol. The van der Waals surface area contributed by atoms with Crippen LogP contribution in [-0.4, -0.2) is 11.1 Å². The van der Waals surface area contributed by atoms with Crippen LogP contribution in [0, 0.1) is 0 Å². The van der Waals surface area contributed by atoms with Crippen LogP contribution < -0.4 is 0 Å². The predicted octanol–water partition coefficient (Wildman–Crippen LogP) is 5.80. The van der Waals surface area contributed by atoms with Gasteiger partial charge in [0.25, 0.3) is 0 Å². The Bertz CT molecular complexity index is 155. The fourth-order valence-electron chi connectivity index (χ4n) is 1.76. The van der Waals surface area contributed by atoms with Gasteiger partial charge in [-0.15, -0.1) is 0 Å². The van der Waals surface area contributed by atoms with Crippen molar-refractivity contribution in [3.05, 3.63) is 0 Å². The van der Waals surface area contributed by atoms with Crippen LogP contribution in [0.2, 0.25) is 0 Å². The van der Waals surface area contributed by atoms with Gasteiger partial charge in [0, 0.05) is 6.42 Å². The SMILES string of the molecule is CCC.CCCCCCCCCCCCC(=O)O. The van der Waals surface area contributed by atoms with E-state index in [0.717, 1.165) is 12.8 Å². The molecule has 2 nitrogen and oxygen atoms in total. The zero-order valence-corrected chi connectivity index (χ0v) is 12.8. The smallest absolute Gasteiger partial charge is 0.303 e. The molecule has 0 aliphatic heterocycles. The van der Waals surface area contributed by atoms with Crippen molar-refractivity contribution in [2.75, 3.05) is 0 Å². The van der Waals surface area contributed by atoms with Gasteiger partial charge in [0.1, 0.15) is 0 Å². The van der Waals surface area contributed by atoms with Gasteiger partial charge in [-0.05, 0) is 6.42 Å². The molecule has 0 unspecified atom stereocenters. The molecule has 0 aromatic carbocycles. The summed E-state index contributed by atoms with van der Waals surface area (Å²) in [6, 6.07) is 0. The quantitative estimate of drug-likeness (QED) is 0.476. The van der Waals surface area contributed by atoms with Crippen LogP contribution in [0.3, 0.4) is 0 Å². The van der Waals surface area contributed by atoms with Crippen molar-refractivity contribution in [3.8, 4) is 0 Å². The number of carboxylic acids is 1. The van der Waals surface area contributed by atoms with Gasteiger partial charge in [0.2, 0.25) is 0 Å². The second-order valence-electron chi connectivity index (χ2n) is 5.03. The van der Waals surface area contributed by atoms with Crippen molar-refractivity contribution in [1.29, 1.82) is 0 Å². The van der Waals surface area contributed by atoms with Crippen molar-refractivity contribution in [1.82, 2.24) is 0 Å². The average Bonchev–Trinajstić information content (AvgIpc) is 2.32. The summed E-state index contributed by atoms with van der Waals surface area (Å²) in [5, 5.41) is 8.44. The fourth-order valence-corrected chi connectivity index (χ4v) is 1.76. The highest BCUT2D eigenvalue weighted by atomic mass is 16.4. The Morgan fingerprint density at radius 2 is 1.06 bits per heavy atom. The van der Waals surface area contributed by atoms with Crippen LogP contribution in [-0.2, 0) is 4.79 Å². The standard InChI is InChI=1S/C13H26O2.C3H8/c1-2-3-4-5-6-7-8-9-10-11-12-13(14)15;1-3-2/h2-12H2,1H3,(H,14,15);3H2,1-2H3. The lowest BCUT2D eigenvalue weighted by molar-refractivity contribution is -0.137. The van der Waals surface area contributed by atoms with E-state index in [4.69, 9.17) is 5.11 Å². The highest BCUT2D eigenvalue weighted by Crippen LogP contribution is 2.10. The first kappa shape index (κ1) is 19.8. The Morgan fingerprint density at radius 1 is 0.722 bits per heavy atom. The number of hydrogen-bond acceptors (Lipinski definition) is 1. The minimum Gasteiger partial charge on any atom is -0.481 e. The molecule has 0 aromatic heterocycles. The van der Waals surface area contributed by atoms with E-state index in [-0.39, 0.29) is 0 Å². The third kappa shape index (κ3) is 24.6. The van der Waals surface area contributed by atoms with E-state index in [1.807, 2.05) is 0 Å². The normalized spacial score (nSPS) is 9.72. The van der Waals surface area contributed by atoms with Crippen LogP contribution >= 0.6 is 0 Å². The highest BCUT2D eigenvalue weighted by molar-refractivity contribution is 5.66. The maximum atomic E-state index is 10.2. The van der Waals surface area contributed by atoms with Crippen molar-refractivity contribution >= 4 is 5.97 Å². The zero-order valence-electron chi connectivity index (χ0n) is 12.8. The third-order valence-corrected chi connectivity index (χ3v) is 2.74. The summed E-state index contributed by atoms with van der Waals surface area (Å²) in [6.45, 7) is 6.49. The van der Waals surface area contributed by atoms with Crippen LogP contribution in [0.1, 0.15) is 97.8 Å². The summed E-state index contributed by atoms with van der Waals surface area (Å²) < 4.78 is 0. The Kier molecular flexibility index (Phi) is 20.7. The lowest BCUT2D eigenvalue weighted by atomic mass is 10.1. The maximum absolute atomic E-state index is 10.2. The van der Waals surface area contributed by atoms with Gasteiger partial charge in [0.15, 0.2) is 0 Å². The van der Waals surface area contributed by atoms with E-state index >= 15 is 0 Å². The topological polar surface area (TPSA) is 37.3 Å². The summed E-state index contributed by atoms with van der Waals surface area (Å²) in [5.41, 5.74) is 0. The molecule has 0 aliphatic carbocycles. The molecule has 0 aliphatic rings. The summed E-state index contributed by atoms with van der Waals surface area (Å²) in [7, 11) is 0. The lowest BCUT2D eigenvalue weighted by Gasteiger charge is -2.01. The van der Waals surface area contributed by atoms with Gasteiger partial charge in [-0.1, -0.05) is 85.0 Å². The minimum absolute atomic E-state index is 0.344. The number of carboxylic acid groups (broad SMARTS) is 1. The van der Waals surface area contributed by atoms with Crippen LogP contribution in [0.25, 0.3) is 0 Å². The maximum Gasteiger partial charge on any atom is 0.303 e. The second kappa shape index (κ2) is 18.8. The molecule has 0 rings (SSSR count). The molecule has 0 amide bonds. The summed E-state index contributed by atoms with van der Waals surface area (Å²) >= 11 is 0. The number of unbranched alkanes of at least 4 members (excludes halogenated alkanes) is 9. The van der Waals surface area contributed by atoms with Gasteiger partial charge in [0.05, 0.1) is 0 Å². The van der Waals surface area contributed by atoms with Crippen molar-refractivity contribution in [3.63, 3.8) is 0 Å². The molecule has 0 fully saturated rings. The van der Waals surface area contributed by atoms with Gasteiger partial charge < -0.3 is 5.11 Å². The number of hydrogen-bond donors (Lipinski definition) is 1. The van der Waals surface area contributed by atoms with Gasteiger partial charge in [-0.25, -0.2) is 0 Å². The van der Waals surface area contributed by atoms with Crippen LogP contribution in [0.5, 0.6) is 0 Å². The van der Waals surface area contributed by atoms with Crippen molar-refractivity contribution < 1.29 is 9.90 Å². The first-order valence-electron chi connectivity index (χ1n) is 7.90. The van der Waals surface area contributed by atoms with Gasteiger partial charge >= 0.3 is 5.97 Å². The summed E-state index contributed by atoms with van der Waals surface area (Å²) in [6.07, 6.45) is 14.2. The molecule has 110 valence electrons. The van der Waals surface area contributed by atoms with E-state index in [1.165, 1.54) is 57.8 Å². The minimum atomic E-state index is -0.658. The summed E-state index contributed by atoms with van der Waals surface area (Å²) in [5.74, 6) is -0.658. The van der Waals surface area contributed by atoms with Crippen LogP contribution in [0.15, 0.2) is 0 Å². The molecule has 0 saturated carbocycles. The highest BCUT2D eigenvalue weighted by Gasteiger charge is 1.96. The average molecular weight is 258 g/mol. The molecule has 0 radical (unpaired) electrons. The van der Waals surface area contributed by atoms with E-state index in [0.29, 0.717) is 6.42 Å². The van der Waals surface area contributed by atoms with E-state index in [9.17, 15) is 4.79 Å². The first-order valence-corrected chi connectivity index (χ1v) is 7.90. The molecule has 2 heteroatoms. The van der Waals surface area contributed by atoms with Crippen molar-refractivity contribution in [2.24, 2.45) is 0 Å². The van der Waals surface area contributed by atoms with Gasteiger partial charge in [-0.3, -0.25) is 4.79 Å². The molecule has 0 bridgehead atoms. The molecule has 0 heterocycles. The zero-order chi connectivity index (χ0) is 14.1. The molecule has 18 heavy (non-hydrogen) atoms. The van der Waals surface area contributed by atoms with Crippen molar-refractivity contribution in [2.45, 2.75) is 97.8 Å². The number of aliphatic carboxylic acids is 1. The molecular weight excluding hydrogens is 224 g/mol.